The Bertz CT molecular complexity index is 8510. The number of para-hydroxylation sites is 6. The first-order valence-electron chi connectivity index (χ1n) is 44.3. The van der Waals surface area contributed by atoms with Crippen molar-refractivity contribution in [1.82, 2.24) is 9.13 Å². The van der Waals surface area contributed by atoms with Crippen LogP contribution in [0.3, 0.4) is 0 Å². The van der Waals surface area contributed by atoms with E-state index in [0.717, 1.165) is 100 Å². The van der Waals surface area contributed by atoms with Crippen molar-refractivity contribution in [3.05, 3.63) is 459 Å². The normalized spacial score (nSPS) is 13.0. The zero-order valence-corrected chi connectivity index (χ0v) is 71.2. The molecule has 128 heavy (non-hydrogen) atoms. The summed E-state index contributed by atoms with van der Waals surface area (Å²) in [7, 11) is 0. The number of furan rings is 2. The fraction of sp³-hybridized carbons (Fsp3) is 0.0492. The fourth-order valence-corrected chi connectivity index (χ4v) is 21.1. The van der Waals surface area contributed by atoms with Crippen LogP contribution in [0.1, 0.15) is 49.9 Å². The Hall–Kier alpha value is -16.3. The van der Waals surface area contributed by atoms with Crippen molar-refractivity contribution in [3.63, 3.8) is 0 Å². The third kappa shape index (κ3) is 12.0. The molecule has 0 amide bonds. The molecule has 4 aromatic heterocycles. The quantitative estimate of drug-likeness (QED) is 0.122. The number of aromatic nitrogens is 2. The Morgan fingerprint density at radius 2 is 0.492 bits per heavy atom. The van der Waals surface area contributed by atoms with Crippen molar-refractivity contribution in [2.75, 3.05) is 9.80 Å². The van der Waals surface area contributed by atoms with Crippen LogP contribution >= 0.6 is 0 Å². The lowest BCUT2D eigenvalue weighted by atomic mass is 9.82. The molecule has 0 fully saturated rings. The lowest BCUT2D eigenvalue weighted by molar-refractivity contribution is 0.660. The average molecular weight is 1640 g/mol. The number of hydrogen-bond donors (Lipinski definition) is 0. The lowest BCUT2D eigenvalue weighted by Gasteiger charge is -2.28. The highest BCUT2D eigenvalue weighted by atomic mass is 16.3. The standard InChI is InChI=1S/2C61H42N2O/c1-61(2)55-37-45(31-33-49(55)50-34-32-46(38-56(50)61)63-57-19-8-5-15-51(57)52-16-6-9-20-58(52)63)62(44-29-24-41(25-30-44)48-18-11-13-40-12-3-4-14-47(40)48)43-27-22-39(23-28-43)42-26-35-60-54(36-42)53-17-7-10-21-59(53)64-60;1-61(2)55-37-47(30-32-49(55)50-33-31-48(38-56(50)61)63-57-16-8-5-13-51(57)52-14-6-9-17-58(52)63)62(45-26-21-40(22-27-45)43-20-19-39-11-3-4-12-42(39)35-43)46-28-23-41(24-29-46)44-25-34-60-54(36-44)53-15-7-10-18-59(53)64-60/h2*3-38H,1-2H3. The van der Waals surface area contributed by atoms with E-state index in [1.54, 1.807) is 0 Å². The van der Waals surface area contributed by atoms with E-state index in [1.165, 1.54) is 143 Å². The summed E-state index contributed by atoms with van der Waals surface area (Å²) in [5, 5.41) is 14.6. The number of fused-ring (bicyclic) bond motifs is 20. The Balaban J connectivity index is 0.000000139. The van der Waals surface area contributed by atoms with E-state index in [2.05, 4.69) is 459 Å². The zero-order valence-electron chi connectivity index (χ0n) is 71.2. The Morgan fingerprint density at radius 1 is 0.188 bits per heavy atom. The average Bonchev–Trinajstić information content (AvgIpc) is 1.56. The van der Waals surface area contributed by atoms with E-state index < -0.39 is 0 Å². The molecule has 6 nitrogen and oxygen atoms in total. The number of rotatable bonds is 12. The second kappa shape index (κ2) is 29.2. The minimum atomic E-state index is -0.237. The molecular weight excluding hydrogens is 1550 g/mol. The van der Waals surface area contributed by atoms with Crippen LogP contribution in [0, 0.1) is 0 Å². The highest BCUT2D eigenvalue weighted by Crippen LogP contribution is 2.55. The molecule has 4 heterocycles. The zero-order chi connectivity index (χ0) is 85.0. The SMILES string of the molecule is CC1(C)c2cc(N(c3ccc(-c4ccc5ccccc5c4)cc3)c3ccc(-c4ccc5oc6ccccc6c5c4)cc3)ccc2-c2ccc(-n3c4ccccc4c4ccccc43)cc21.CC1(C)c2cc(N(c3ccc(-c4ccc5oc6ccccc6c5c4)cc3)c3ccc(-c4cccc5ccccc45)cc3)ccc2-c2ccc(-n3c4ccccc4c4ccccc43)cc21. The van der Waals surface area contributed by atoms with Gasteiger partial charge in [0, 0.05) is 99.4 Å². The van der Waals surface area contributed by atoms with Crippen LogP contribution in [0.25, 0.3) is 187 Å². The van der Waals surface area contributed by atoms with Gasteiger partial charge in [-0.3, -0.25) is 0 Å². The van der Waals surface area contributed by atoms with Gasteiger partial charge in [-0.2, -0.15) is 0 Å². The molecule has 0 bridgehead atoms. The number of hydrogen-bond acceptors (Lipinski definition) is 4. The molecule has 26 rings (SSSR count). The fourth-order valence-electron chi connectivity index (χ4n) is 21.1. The highest BCUT2D eigenvalue weighted by Gasteiger charge is 2.39. The van der Waals surface area contributed by atoms with Crippen molar-refractivity contribution >= 4 is 143 Å². The number of benzene rings is 20. The molecule has 0 unspecified atom stereocenters. The maximum atomic E-state index is 6.16. The molecule has 24 aromatic rings. The van der Waals surface area contributed by atoms with Crippen LogP contribution in [0.15, 0.2) is 446 Å². The molecule has 0 N–H and O–H groups in total. The van der Waals surface area contributed by atoms with Gasteiger partial charge >= 0.3 is 0 Å². The predicted octanol–water partition coefficient (Wildman–Crippen LogP) is 33.9. The van der Waals surface area contributed by atoms with Gasteiger partial charge < -0.3 is 27.8 Å². The Labute approximate surface area is 741 Å². The monoisotopic (exact) mass is 1640 g/mol. The van der Waals surface area contributed by atoms with Gasteiger partial charge in [-0.25, -0.2) is 0 Å². The first-order chi connectivity index (χ1) is 62.9. The molecule has 0 saturated carbocycles. The van der Waals surface area contributed by atoms with E-state index in [-0.39, 0.29) is 10.8 Å². The van der Waals surface area contributed by atoms with Crippen molar-refractivity contribution in [2.45, 2.75) is 38.5 Å². The predicted molar refractivity (Wildman–Crippen MR) is 537 cm³/mol. The lowest BCUT2D eigenvalue weighted by Crippen LogP contribution is -2.17. The largest absolute Gasteiger partial charge is 0.456 e. The summed E-state index contributed by atoms with van der Waals surface area (Å²) >= 11 is 0. The van der Waals surface area contributed by atoms with Gasteiger partial charge in [-0.05, 0) is 274 Å². The van der Waals surface area contributed by atoms with Gasteiger partial charge in [0.25, 0.3) is 0 Å². The van der Waals surface area contributed by atoms with Crippen molar-refractivity contribution in [1.29, 1.82) is 0 Å². The topological polar surface area (TPSA) is 42.6 Å². The van der Waals surface area contributed by atoms with E-state index in [1.807, 2.05) is 24.3 Å². The first kappa shape index (κ1) is 74.4. The number of anilines is 6. The van der Waals surface area contributed by atoms with Crippen LogP contribution in [0.2, 0.25) is 0 Å². The van der Waals surface area contributed by atoms with E-state index >= 15 is 0 Å². The molecule has 0 spiro atoms. The van der Waals surface area contributed by atoms with Gasteiger partial charge in [-0.15, -0.1) is 0 Å². The van der Waals surface area contributed by atoms with Crippen molar-refractivity contribution in [3.8, 4) is 78.1 Å². The van der Waals surface area contributed by atoms with Crippen LogP contribution < -0.4 is 9.80 Å². The molecule has 0 aliphatic heterocycles. The number of nitrogens with zero attached hydrogens (tertiary/aromatic N) is 4. The third-order valence-corrected chi connectivity index (χ3v) is 27.6. The maximum absolute atomic E-state index is 6.16. The van der Waals surface area contributed by atoms with Crippen LogP contribution in [0.5, 0.6) is 0 Å². The van der Waals surface area contributed by atoms with Crippen molar-refractivity contribution < 1.29 is 8.83 Å². The van der Waals surface area contributed by atoms with Crippen molar-refractivity contribution in [2.24, 2.45) is 0 Å². The van der Waals surface area contributed by atoms with Crippen LogP contribution in [0.4, 0.5) is 34.1 Å². The van der Waals surface area contributed by atoms with Crippen LogP contribution in [-0.2, 0) is 10.8 Å². The molecule has 20 aromatic carbocycles. The third-order valence-electron chi connectivity index (χ3n) is 27.6. The molecule has 0 atom stereocenters. The summed E-state index contributed by atoms with van der Waals surface area (Å²) in [5.74, 6) is 0. The summed E-state index contributed by atoms with van der Waals surface area (Å²) in [4.78, 5) is 4.82. The highest BCUT2D eigenvalue weighted by molar-refractivity contribution is 6.12. The minimum Gasteiger partial charge on any atom is -0.456 e. The van der Waals surface area contributed by atoms with E-state index in [4.69, 9.17) is 8.83 Å². The van der Waals surface area contributed by atoms with Gasteiger partial charge in [0.2, 0.25) is 0 Å². The van der Waals surface area contributed by atoms with Crippen LogP contribution in [-0.4, -0.2) is 9.13 Å². The van der Waals surface area contributed by atoms with E-state index in [0.29, 0.717) is 0 Å². The molecule has 2 aliphatic rings. The van der Waals surface area contributed by atoms with Gasteiger partial charge in [-0.1, -0.05) is 301 Å². The second-order valence-electron chi connectivity index (χ2n) is 35.5. The summed E-state index contributed by atoms with van der Waals surface area (Å²) in [6.45, 7) is 9.54. The summed E-state index contributed by atoms with van der Waals surface area (Å²) in [6.07, 6.45) is 0. The van der Waals surface area contributed by atoms with E-state index in [9.17, 15) is 0 Å². The summed E-state index contributed by atoms with van der Waals surface area (Å²) in [5.41, 5.74) is 37.1. The summed E-state index contributed by atoms with van der Waals surface area (Å²) < 4.78 is 17.2. The molecular formula is C122H84N4O2. The van der Waals surface area contributed by atoms with Gasteiger partial charge in [0.15, 0.2) is 0 Å². The molecule has 0 saturated heterocycles. The first-order valence-corrected chi connectivity index (χ1v) is 44.3. The minimum absolute atomic E-state index is 0.235. The Kier molecular flexibility index (Phi) is 17.0. The maximum Gasteiger partial charge on any atom is 0.135 e. The molecule has 6 heteroatoms. The molecule has 0 radical (unpaired) electrons. The Morgan fingerprint density at radius 3 is 0.922 bits per heavy atom. The molecule has 604 valence electrons. The summed E-state index contributed by atoms with van der Waals surface area (Å²) in [6, 6.07) is 160. The second-order valence-corrected chi connectivity index (χ2v) is 35.5. The molecule has 2 aliphatic carbocycles. The van der Waals surface area contributed by atoms with Gasteiger partial charge in [0.05, 0.1) is 22.1 Å². The van der Waals surface area contributed by atoms with Gasteiger partial charge in [0.1, 0.15) is 22.3 Å². The smallest absolute Gasteiger partial charge is 0.135 e.